The van der Waals surface area contributed by atoms with Crippen LogP contribution in [0.5, 0.6) is 0 Å². The summed E-state index contributed by atoms with van der Waals surface area (Å²) in [6.07, 6.45) is 0.929. The topological polar surface area (TPSA) is 41.6 Å². The van der Waals surface area contributed by atoms with Crippen molar-refractivity contribution < 1.29 is 9.53 Å². The highest BCUT2D eigenvalue weighted by Crippen LogP contribution is 2.11. The van der Waals surface area contributed by atoms with E-state index in [4.69, 9.17) is 4.74 Å². The molecule has 0 aliphatic heterocycles. The Balaban J connectivity index is 2.45. The Morgan fingerprint density at radius 2 is 1.95 bits per heavy atom. The second kappa shape index (κ2) is 8.72. The van der Waals surface area contributed by atoms with Crippen LogP contribution in [0.2, 0.25) is 0 Å². The zero-order valence-electron chi connectivity index (χ0n) is 12.9. The molecule has 20 heavy (non-hydrogen) atoms. The largest absolute Gasteiger partial charge is 0.385 e. The average molecular weight is 278 g/mol. The highest BCUT2D eigenvalue weighted by Gasteiger charge is 2.19. The first-order valence-corrected chi connectivity index (χ1v) is 7.10. The van der Waals surface area contributed by atoms with Gasteiger partial charge in [0, 0.05) is 20.3 Å². The third-order valence-corrected chi connectivity index (χ3v) is 3.56. The predicted octanol–water partition coefficient (Wildman–Crippen LogP) is 2.22. The van der Waals surface area contributed by atoms with Crippen molar-refractivity contribution in [3.05, 3.63) is 35.9 Å². The standard InChI is InChI=1S/C16H26N2O2/c1-13(15-9-6-5-7-10-15)17-16(19)14(2)18(3)11-8-12-20-4/h5-7,9-10,13-14H,8,11-12H2,1-4H3,(H,17,19). The number of rotatable bonds is 8. The normalized spacial score (nSPS) is 14.1. The summed E-state index contributed by atoms with van der Waals surface area (Å²) in [5, 5.41) is 3.06. The first kappa shape index (κ1) is 16.7. The molecule has 1 amide bonds. The quantitative estimate of drug-likeness (QED) is 0.741. The van der Waals surface area contributed by atoms with Gasteiger partial charge in [-0.25, -0.2) is 0 Å². The van der Waals surface area contributed by atoms with Crippen molar-refractivity contribution >= 4 is 5.91 Å². The SMILES string of the molecule is COCCCN(C)C(C)C(=O)NC(C)c1ccccc1. The molecular formula is C16H26N2O2. The van der Waals surface area contributed by atoms with Crippen molar-refractivity contribution in [2.24, 2.45) is 0 Å². The van der Waals surface area contributed by atoms with Crippen LogP contribution in [0.3, 0.4) is 0 Å². The number of nitrogens with zero attached hydrogens (tertiary/aromatic N) is 1. The number of amides is 1. The van der Waals surface area contributed by atoms with Gasteiger partial charge in [0.25, 0.3) is 0 Å². The fourth-order valence-electron chi connectivity index (χ4n) is 2.01. The van der Waals surface area contributed by atoms with Gasteiger partial charge in [-0.15, -0.1) is 0 Å². The fraction of sp³-hybridized carbons (Fsp3) is 0.562. The number of hydrogen-bond acceptors (Lipinski definition) is 3. The van der Waals surface area contributed by atoms with E-state index in [9.17, 15) is 4.79 Å². The van der Waals surface area contributed by atoms with E-state index in [0.717, 1.165) is 25.1 Å². The number of carbonyl (C=O) groups is 1. The Hall–Kier alpha value is -1.39. The molecule has 2 atom stereocenters. The first-order valence-electron chi connectivity index (χ1n) is 7.10. The van der Waals surface area contributed by atoms with Crippen molar-refractivity contribution in [2.75, 3.05) is 27.3 Å². The Kier molecular flexibility index (Phi) is 7.26. The molecule has 1 aromatic rings. The number of methoxy groups -OCH3 is 1. The Morgan fingerprint density at radius 3 is 2.55 bits per heavy atom. The van der Waals surface area contributed by atoms with Crippen LogP contribution in [0.1, 0.15) is 31.9 Å². The second-order valence-corrected chi connectivity index (χ2v) is 5.14. The van der Waals surface area contributed by atoms with Gasteiger partial charge in [-0.1, -0.05) is 30.3 Å². The van der Waals surface area contributed by atoms with Gasteiger partial charge in [-0.2, -0.15) is 0 Å². The van der Waals surface area contributed by atoms with Gasteiger partial charge in [-0.3, -0.25) is 9.69 Å². The lowest BCUT2D eigenvalue weighted by atomic mass is 10.1. The third kappa shape index (κ3) is 5.31. The minimum absolute atomic E-state index is 0.0264. The zero-order chi connectivity index (χ0) is 15.0. The van der Waals surface area contributed by atoms with Crippen molar-refractivity contribution in [2.45, 2.75) is 32.4 Å². The van der Waals surface area contributed by atoms with E-state index in [1.807, 2.05) is 56.1 Å². The second-order valence-electron chi connectivity index (χ2n) is 5.14. The molecule has 0 saturated heterocycles. The molecule has 1 rings (SSSR count). The number of likely N-dealkylation sites (N-methyl/N-ethyl adjacent to an activating group) is 1. The summed E-state index contributed by atoms with van der Waals surface area (Å²) in [6.45, 7) is 5.51. The number of benzene rings is 1. The maximum absolute atomic E-state index is 12.2. The Morgan fingerprint density at radius 1 is 1.30 bits per heavy atom. The summed E-state index contributed by atoms with van der Waals surface area (Å²) in [5.41, 5.74) is 1.12. The average Bonchev–Trinajstić information content (AvgIpc) is 2.47. The van der Waals surface area contributed by atoms with Gasteiger partial charge in [0.15, 0.2) is 0 Å². The van der Waals surface area contributed by atoms with E-state index >= 15 is 0 Å². The van der Waals surface area contributed by atoms with Gasteiger partial charge < -0.3 is 10.1 Å². The van der Waals surface area contributed by atoms with Crippen LogP contribution in [0.15, 0.2) is 30.3 Å². The van der Waals surface area contributed by atoms with Crippen LogP contribution in [0.25, 0.3) is 0 Å². The van der Waals surface area contributed by atoms with E-state index in [0.29, 0.717) is 0 Å². The Labute approximate surface area is 122 Å². The van der Waals surface area contributed by atoms with Gasteiger partial charge in [0.05, 0.1) is 12.1 Å². The molecule has 0 fully saturated rings. The zero-order valence-corrected chi connectivity index (χ0v) is 12.9. The molecule has 0 bridgehead atoms. The first-order chi connectivity index (χ1) is 9.56. The van der Waals surface area contributed by atoms with E-state index in [2.05, 4.69) is 5.32 Å². The summed E-state index contributed by atoms with van der Waals surface area (Å²) < 4.78 is 5.03. The van der Waals surface area contributed by atoms with Crippen LogP contribution in [0.4, 0.5) is 0 Å². The lowest BCUT2D eigenvalue weighted by Gasteiger charge is -2.25. The highest BCUT2D eigenvalue weighted by molar-refractivity contribution is 5.81. The molecule has 0 radical (unpaired) electrons. The van der Waals surface area contributed by atoms with Gasteiger partial charge in [-0.05, 0) is 32.9 Å². The minimum atomic E-state index is -0.141. The smallest absolute Gasteiger partial charge is 0.237 e. The molecule has 0 saturated carbocycles. The van der Waals surface area contributed by atoms with Crippen molar-refractivity contribution in [1.29, 1.82) is 0 Å². The lowest BCUT2D eigenvalue weighted by molar-refractivity contribution is -0.126. The molecule has 0 aromatic heterocycles. The molecule has 0 aliphatic carbocycles. The number of ether oxygens (including phenoxy) is 1. The van der Waals surface area contributed by atoms with Crippen molar-refractivity contribution in [1.82, 2.24) is 10.2 Å². The summed E-state index contributed by atoms with van der Waals surface area (Å²) in [7, 11) is 3.66. The summed E-state index contributed by atoms with van der Waals surface area (Å²) >= 11 is 0. The van der Waals surface area contributed by atoms with Crippen LogP contribution < -0.4 is 5.32 Å². The third-order valence-electron chi connectivity index (χ3n) is 3.56. The molecule has 0 heterocycles. The number of nitrogens with one attached hydrogen (secondary N) is 1. The number of hydrogen-bond donors (Lipinski definition) is 1. The van der Waals surface area contributed by atoms with Crippen LogP contribution in [0, 0.1) is 0 Å². The molecule has 4 heteroatoms. The molecule has 1 N–H and O–H groups in total. The Bertz CT molecular complexity index is 395. The maximum atomic E-state index is 12.2. The number of carbonyl (C=O) groups excluding carboxylic acids is 1. The molecule has 1 aromatic carbocycles. The summed E-state index contributed by atoms with van der Waals surface area (Å²) in [4.78, 5) is 14.3. The molecule has 0 aliphatic rings. The van der Waals surface area contributed by atoms with Gasteiger partial charge in [0.1, 0.15) is 0 Å². The van der Waals surface area contributed by atoms with Gasteiger partial charge >= 0.3 is 0 Å². The predicted molar refractivity (Wildman–Crippen MR) is 81.6 cm³/mol. The summed E-state index contributed by atoms with van der Waals surface area (Å²) in [5.74, 6) is 0.0567. The maximum Gasteiger partial charge on any atom is 0.237 e. The van der Waals surface area contributed by atoms with Crippen molar-refractivity contribution in [3.63, 3.8) is 0 Å². The highest BCUT2D eigenvalue weighted by atomic mass is 16.5. The van der Waals surface area contributed by atoms with E-state index in [-0.39, 0.29) is 18.0 Å². The van der Waals surface area contributed by atoms with E-state index < -0.39 is 0 Å². The molecule has 112 valence electrons. The molecule has 2 unspecified atom stereocenters. The molecule has 4 nitrogen and oxygen atoms in total. The van der Waals surface area contributed by atoms with Crippen LogP contribution in [-0.2, 0) is 9.53 Å². The monoisotopic (exact) mass is 278 g/mol. The van der Waals surface area contributed by atoms with E-state index in [1.54, 1.807) is 7.11 Å². The molecular weight excluding hydrogens is 252 g/mol. The molecule has 0 spiro atoms. The van der Waals surface area contributed by atoms with Gasteiger partial charge in [0.2, 0.25) is 5.91 Å². The van der Waals surface area contributed by atoms with E-state index in [1.165, 1.54) is 0 Å². The fourth-order valence-corrected chi connectivity index (χ4v) is 2.01. The van der Waals surface area contributed by atoms with Crippen LogP contribution in [-0.4, -0.2) is 44.2 Å². The van der Waals surface area contributed by atoms with Crippen LogP contribution >= 0.6 is 0 Å². The summed E-state index contributed by atoms with van der Waals surface area (Å²) in [6, 6.07) is 9.88. The van der Waals surface area contributed by atoms with Crippen molar-refractivity contribution in [3.8, 4) is 0 Å². The lowest BCUT2D eigenvalue weighted by Crippen LogP contribution is -2.44. The minimum Gasteiger partial charge on any atom is -0.385 e.